The molecule has 0 saturated heterocycles. The molecule has 20 N–H and O–H groups in total. The van der Waals surface area contributed by atoms with Gasteiger partial charge in [-0.25, -0.2) is 0 Å². The van der Waals surface area contributed by atoms with Crippen LogP contribution in [0.15, 0.2) is 0 Å². The van der Waals surface area contributed by atoms with Crippen LogP contribution in [0.4, 0.5) is 0 Å². The topological polar surface area (TPSA) is 244 Å². The Morgan fingerprint density at radius 3 is 0.588 bits per heavy atom. The molecule has 0 spiro atoms. The van der Waals surface area contributed by atoms with Gasteiger partial charge in [-0.2, -0.15) is 0 Å². The fraction of sp³-hybridized carbons (Fsp3) is 1.00. The molecule has 0 bridgehead atoms. The molecule has 0 aromatic heterocycles. The molecule has 0 rings (SSSR count). The second-order valence-corrected chi connectivity index (χ2v) is 2.32. The molecule has 0 aliphatic carbocycles. The Bertz CT molecular complexity index is 68.8. The van der Waals surface area contributed by atoms with Crippen LogP contribution >= 0.6 is 49.6 Å². The van der Waals surface area contributed by atoms with Gasteiger partial charge in [-0.05, 0) is 0 Å². The van der Waals surface area contributed by atoms with Crippen molar-refractivity contribution in [2.75, 3.05) is 26.2 Å². The fourth-order valence-corrected chi connectivity index (χ4v) is 0.500. The van der Waals surface area contributed by atoms with Crippen LogP contribution in [-0.2, 0) is 0 Å². The first kappa shape index (κ1) is 64.7. The Morgan fingerprint density at radius 2 is 0.588 bits per heavy atom. The van der Waals surface area contributed by atoms with E-state index in [9.17, 15) is 0 Å². The maximum absolute atomic E-state index is 5.40. The van der Waals surface area contributed by atoms with Crippen LogP contribution in [0.2, 0.25) is 0 Å². The Hall–Kier alpha value is 0.840. The molecule has 0 saturated carbocycles. The molecule has 0 aliphatic heterocycles. The normalized spacial score (nSPS) is 6.35. The SMILES string of the molecule is Cl.Cl.Cl.Cl.N.N.N.N.NCC(CN)(CN)CN. The molecule has 0 unspecified atom stereocenters. The van der Waals surface area contributed by atoms with E-state index in [0.717, 1.165) is 0 Å². The molecule has 0 aromatic carbocycles. The number of hydrogen-bond acceptors (Lipinski definition) is 8. The highest BCUT2D eigenvalue weighted by molar-refractivity contribution is 5.86. The zero-order valence-corrected chi connectivity index (χ0v) is 13.4. The third kappa shape index (κ3) is 22.5. The molecule has 0 aliphatic rings. The molecule has 0 radical (unpaired) electrons. The van der Waals surface area contributed by atoms with Gasteiger partial charge in [0.05, 0.1) is 0 Å². The summed E-state index contributed by atoms with van der Waals surface area (Å²) in [6.45, 7) is 1.88. The standard InChI is InChI=1S/C5H16N4.4ClH.4H3N/c6-1-5(2-7,3-8)4-9;;;;;;;;/h1-4,6-9H2;4*1H;4*1H3. The maximum atomic E-state index is 5.40. The smallest absolute Gasteiger partial charge is 0.0193 e. The summed E-state index contributed by atoms with van der Waals surface area (Å²) in [5.41, 5.74) is 21.4. The van der Waals surface area contributed by atoms with Crippen molar-refractivity contribution >= 4 is 49.6 Å². The lowest BCUT2D eigenvalue weighted by molar-refractivity contribution is 0.333. The van der Waals surface area contributed by atoms with Crippen molar-refractivity contribution in [3.63, 3.8) is 0 Å². The van der Waals surface area contributed by atoms with Gasteiger partial charge in [0.15, 0.2) is 0 Å². The number of nitrogens with two attached hydrogens (primary N) is 4. The van der Waals surface area contributed by atoms with Crippen molar-refractivity contribution in [2.45, 2.75) is 0 Å². The largest absolute Gasteiger partial charge is 0.344 e. The lowest BCUT2D eigenvalue weighted by Gasteiger charge is -2.26. The van der Waals surface area contributed by atoms with Gasteiger partial charge >= 0.3 is 0 Å². The van der Waals surface area contributed by atoms with E-state index in [2.05, 4.69) is 0 Å². The summed E-state index contributed by atoms with van der Waals surface area (Å²) in [5.74, 6) is 0. The average Bonchev–Trinajstić information content (AvgIpc) is 1.95. The van der Waals surface area contributed by atoms with Crippen LogP contribution in [0.3, 0.4) is 0 Å². The van der Waals surface area contributed by atoms with E-state index >= 15 is 0 Å². The molecule has 12 heteroatoms. The van der Waals surface area contributed by atoms with Gasteiger partial charge in [0, 0.05) is 31.6 Å². The number of hydrogen-bond donors (Lipinski definition) is 8. The quantitative estimate of drug-likeness (QED) is 0.347. The minimum absolute atomic E-state index is 0. The third-order valence-electron chi connectivity index (χ3n) is 1.73. The van der Waals surface area contributed by atoms with Crippen molar-refractivity contribution in [2.24, 2.45) is 28.3 Å². The van der Waals surface area contributed by atoms with Gasteiger partial charge in [-0.3, -0.25) is 0 Å². The van der Waals surface area contributed by atoms with Gasteiger partial charge in [-0.1, -0.05) is 0 Å². The minimum atomic E-state index is -0.222. The Kier molecular flexibility index (Phi) is 137. The monoisotopic (exact) mass is 344 g/mol. The molecular weight excluding hydrogens is 314 g/mol. The Balaban J connectivity index is -0.0000000114. The van der Waals surface area contributed by atoms with Crippen molar-refractivity contribution in [3.05, 3.63) is 0 Å². The van der Waals surface area contributed by atoms with Crippen molar-refractivity contribution in [3.8, 4) is 0 Å². The molecular formula is C5H32Cl4N8. The zero-order chi connectivity index (χ0) is 7.33. The van der Waals surface area contributed by atoms with E-state index < -0.39 is 0 Å². The van der Waals surface area contributed by atoms with Crippen LogP contribution in [0, 0.1) is 5.41 Å². The van der Waals surface area contributed by atoms with E-state index in [-0.39, 0.29) is 79.6 Å². The summed E-state index contributed by atoms with van der Waals surface area (Å²) in [6, 6.07) is 0. The summed E-state index contributed by atoms with van der Waals surface area (Å²) >= 11 is 0. The Morgan fingerprint density at radius 1 is 0.471 bits per heavy atom. The van der Waals surface area contributed by atoms with Gasteiger partial charge < -0.3 is 47.5 Å². The van der Waals surface area contributed by atoms with Crippen LogP contribution < -0.4 is 47.5 Å². The third-order valence-corrected chi connectivity index (χ3v) is 1.73. The molecule has 0 heterocycles. The first-order valence-electron chi connectivity index (χ1n) is 3.05. The predicted molar refractivity (Wildman–Crippen MR) is 87.7 cm³/mol. The number of halogens is 4. The molecule has 8 nitrogen and oxygen atoms in total. The molecule has 0 aromatic rings. The molecule has 0 fully saturated rings. The molecule has 120 valence electrons. The van der Waals surface area contributed by atoms with Crippen LogP contribution in [-0.4, -0.2) is 26.2 Å². The van der Waals surface area contributed by atoms with Crippen LogP contribution in [0.25, 0.3) is 0 Å². The highest BCUT2D eigenvalue weighted by atomic mass is 35.5. The zero-order valence-electron chi connectivity index (χ0n) is 10.1. The van der Waals surface area contributed by atoms with Crippen molar-refractivity contribution in [1.29, 1.82) is 0 Å². The van der Waals surface area contributed by atoms with Crippen molar-refractivity contribution < 1.29 is 0 Å². The number of rotatable bonds is 4. The maximum Gasteiger partial charge on any atom is 0.0193 e. The summed E-state index contributed by atoms with van der Waals surface area (Å²) in [4.78, 5) is 0. The van der Waals surface area contributed by atoms with E-state index in [1.165, 1.54) is 0 Å². The van der Waals surface area contributed by atoms with E-state index in [0.29, 0.717) is 26.2 Å². The lowest BCUT2D eigenvalue weighted by Crippen LogP contribution is -2.49. The Labute approximate surface area is 129 Å². The van der Waals surface area contributed by atoms with Crippen molar-refractivity contribution in [1.82, 2.24) is 24.6 Å². The lowest BCUT2D eigenvalue weighted by atomic mass is 9.89. The first-order valence-corrected chi connectivity index (χ1v) is 3.05. The summed E-state index contributed by atoms with van der Waals surface area (Å²) in [7, 11) is 0. The molecule has 0 atom stereocenters. The van der Waals surface area contributed by atoms with Gasteiger partial charge in [0.1, 0.15) is 0 Å². The van der Waals surface area contributed by atoms with Gasteiger partial charge in [-0.15, -0.1) is 49.6 Å². The minimum Gasteiger partial charge on any atom is -0.344 e. The second-order valence-electron chi connectivity index (χ2n) is 2.32. The van der Waals surface area contributed by atoms with Crippen LogP contribution in [0.5, 0.6) is 0 Å². The van der Waals surface area contributed by atoms with E-state index in [1.54, 1.807) is 0 Å². The second kappa shape index (κ2) is 36.0. The fourth-order valence-electron chi connectivity index (χ4n) is 0.500. The van der Waals surface area contributed by atoms with Gasteiger partial charge in [0.25, 0.3) is 0 Å². The van der Waals surface area contributed by atoms with E-state index in [4.69, 9.17) is 22.9 Å². The molecule has 0 amide bonds. The summed E-state index contributed by atoms with van der Waals surface area (Å²) in [5, 5.41) is 0. The highest BCUT2D eigenvalue weighted by Gasteiger charge is 2.22. The summed E-state index contributed by atoms with van der Waals surface area (Å²) < 4.78 is 0. The highest BCUT2D eigenvalue weighted by Crippen LogP contribution is 2.06. The average molecular weight is 346 g/mol. The first-order chi connectivity index (χ1) is 4.24. The van der Waals surface area contributed by atoms with Crippen LogP contribution in [0.1, 0.15) is 0 Å². The predicted octanol–water partition coefficient (Wildman–Crippen LogP) is 0.143. The molecule has 17 heavy (non-hydrogen) atoms. The van der Waals surface area contributed by atoms with E-state index in [1.807, 2.05) is 0 Å². The van der Waals surface area contributed by atoms with Gasteiger partial charge in [0.2, 0.25) is 0 Å². The summed E-state index contributed by atoms with van der Waals surface area (Å²) in [6.07, 6.45) is 0.